The van der Waals surface area contributed by atoms with E-state index in [1.54, 1.807) is 19.9 Å². The van der Waals surface area contributed by atoms with Crippen LogP contribution in [0.1, 0.15) is 39.5 Å². The van der Waals surface area contributed by atoms with Gasteiger partial charge in [-0.25, -0.2) is 5.48 Å². The largest absolute Gasteiger partial charge is 0.468 e. The molecule has 0 aromatic rings. The molecule has 128 valence electrons. The van der Waals surface area contributed by atoms with Gasteiger partial charge in [-0.05, 0) is 24.7 Å². The monoisotopic (exact) mass is 323 g/mol. The Labute approximate surface area is 136 Å². The first-order valence-electron chi connectivity index (χ1n) is 7.65. The number of esters is 1. The van der Waals surface area contributed by atoms with Gasteiger partial charge in [0.2, 0.25) is 0 Å². The fourth-order valence-electron chi connectivity index (χ4n) is 3.04. The van der Waals surface area contributed by atoms with E-state index in [2.05, 4.69) is 6.58 Å². The van der Waals surface area contributed by atoms with Gasteiger partial charge in [-0.1, -0.05) is 25.5 Å². The van der Waals surface area contributed by atoms with E-state index in [1.807, 2.05) is 5.48 Å². The minimum Gasteiger partial charge on any atom is -0.468 e. The van der Waals surface area contributed by atoms with Crippen LogP contribution in [-0.2, 0) is 19.1 Å². The number of methoxy groups -OCH3 is 1. The summed E-state index contributed by atoms with van der Waals surface area (Å²) in [6.45, 7) is 7.46. The Morgan fingerprint density at radius 3 is 2.65 bits per heavy atom. The third-order valence-corrected chi connectivity index (χ3v) is 4.13. The number of rotatable bonds is 7. The van der Waals surface area contributed by atoms with Crippen LogP contribution in [0.3, 0.4) is 0 Å². The highest BCUT2D eigenvalue weighted by Gasteiger charge is 2.50. The Hall–Kier alpha value is -1.79. The first-order chi connectivity index (χ1) is 10.8. The van der Waals surface area contributed by atoms with Crippen molar-refractivity contribution in [2.45, 2.75) is 39.5 Å². The number of ketones is 2. The molecule has 0 aliphatic heterocycles. The van der Waals surface area contributed by atoms with E-state index in [-0.39, 0.29) is 17.8 Å². The molecule has 6 nitrogen and oxygen atoms in total. The van der Waals surface area contributed by atoms with Gasteiger partial charge in [-0.15, -0.1) is 6.58 Å². The average Bonchev–Trinajstić information content (AvgIpc) is 2.45. The fourth-order valence-corrected chi connectivity index (χ4v) is 3.04. The molecule has 1 rings (SSSR count). The highest BCUT2D eigenvalue weighted by atomic mass is 16.5. The summed E-state index contributed by atoms with van der Waals surface area (Å²) in [5.74, 6) is -2.29. The van der Waals surface area contributed by atoms with Crippen molar-refractivity contribution in [3.05, 3.63) is 23.8 Å². The van der Waals surface area contributed by atoms with E-state index in [9.17, 15) is 14.4 Å². The first-order valence-corrected chi connectivity index (χ1v) is 7.65. The average molecular weight is 323 g/mol. The number of allylic oxidation sites excluding steroid dienone is 3. The number of carbonyl (C=O) groups excluding carboxylic acids is 3. The van der Waals surface area contributed by atoms with Crippen LogP contribution in [0.5, 0.6) is 0 Å². The topological polar surface area (TPSA) is 92.7 Å². The maximum atomic E-state index is 12.8. The van der Waals surface area contributed by atoms with Gasteiger partial charge in [0, 0.05) is 13.0 Å². The summed E-state index contributed by atoms with van der Waals surface area (Å²) in [6.07, 6.45) is 3.18. The molecule has 2 N–H and O–H groups in total. The lowest BCUT2D eigenvalue weighted by atomic mass is 9.65. The summed E-state index contributed by atoms with van der Waals surface area (Å²) in [7, 11) is 1.24. The SMILES string of the molecule is C=CCC(CCCNO)=C1C(=O)CC(C)(C)C(C(=O)OC)C1=O. The zero-order valence-corrected chi connectivity index (χ0v) is 14.0. The predicted octanol–water partition coefficient (Wildman–Crippen LogP) is 1.98. The molecule has 0 heterocycles. The molecule has 0 bridgehead atoms. The summed E-state index contributed by atoms with van der Waals surface area (Å²) in [5, 5.41) is 8.66. The summed E-state index contributed by atoms with van der Waals surface area (Å²) < 4.78 is 4.76. The van der Waals surface area contributed by atoms with E-state index in [0.717, 1.165) is 0 Å². The Morgan fingerprint density at radius 1 is 1.48 bits per heavy atom. The van der Waals surface area contributed by atoms with Crippen LogP contribution in [0, 0.1) is 11.3 Å². The molecule has 0 saturated heterocycles. The van der Waals surface area contributed by atoms with Gasteiger partial charge in [-0.2, -0.15) is 0 Å². The molecule has 6 heteroatoms. The van der Waals surface area contributed by atoms with Crippen molar-refractivity contribution in [1.82, 2.24) is 5.48 Å². The smallest absolute Gasteiger partial charge is 0.317 e. The molecular formula is C17H25NO5. The molecule has 0 aromatic carbocycles. The number of hydrogen-bond acceptors (Lipinski definition) is 6. The number of nitrogens with one attached hydrogen (secondary N) is 1. The summed E-state index contributed by atoms with van der Waals surface area (Å²) in [6, 6.07) is 0. The minimum absolute atomic E-state index is 0.109. The molecule has 1 saturated carbocycles. The van der Waals surface area contributed by atoms with E-state index >= 15 is 0 Å². The lowest BCUT2D eigenvalue weighted by Crippen LogP contribution is -2.46. The van der Waals surface area contributed by atoms with Gasteiger partial charge in [0.15, 0.2) is 11.6 Å². The van der Waals surface area contributed by atoms with Crippen molar-refractivity contribution < 1.29 is 24.3 Å². The Kier molecular flexibility index (Phi) is 6.84. The van der Waals surface area contributed by atoms with Crippen molar-refractivity contribution in [3.63, 3.8) is 0 Å². The van der Waals surface area contributed by atoms with Gasteiger partial charge < -0.3 is 9.94 Å². The Morgan fingerprint density at radius 2 is 2.13 bits per heavy atom. The molecule has 1 unspecified atom stereocenters. The lowest BCUT2D eigenvalue weighted by molar-refractivity contribution is -0.155. The van der Waals surface area contributed by atoms with Crippen molar-refractivity contribution in [2.24, 2.45) is 11.3 Å². The molecule has 1 aliphatic rings. The van der Waals surface area contributed by atoms with Gasteiger partial charge in [0.1, 0.15) is 5.92 Å². The van der Waals surface area contributed by atoms with Crippen LogP contribution in [0.15, 0.2) is 23.8 Å². The molecule has 1 aliphatic carbocycles. The van der Waals surface area contributed by atoms with Gasteiger partial charge in [0.05, 0.1) is 12.7 Å². The van der Waals surface area contributed by atoms with Crippen molar-refractivity contribution >= 4 is 17.5 Å². The molecule has 0 amide bonds. The predicted molar refractivity (Wildman–Crippen MR) is 84.8 cm³/mol. The molecular weight excluding hydrogens is 298 g/mol. The molecule has 1 fully saturated rings. The summed E-state index contributed by atoms with van der Waals surface area (Å²) >= 11 is 0. The second-order valence-electron chi connectivity index (χ2n) is 6.39. The van der Waals surface area contributed by atoms with E-state index < -0.39 is 23.1 Å². The fraction of sp³-hybridized carbons (Fsp3) is 0.588. The van der Waals surface area contributed by atoms with Crippen molar-refractivity contribution in [2.75, 3.05) is 13.7 Å². The zero-order valence-electron chi connectivity index (χ0n) is 14.0. The number of hydroxylamine groups is 1. The molecule has 1 atom stereocenters. The highest BCUT2D eigenvalue weighted by molar-refractivity contribution is 6.27. The van der Waals surface area contributed by atoms with E-state index in [4.69, 9.17) is 9.94 Å². The van der Waals surface area contributed by atoms with E-state index in [1.165, 1.54) is 7.11 Å². The second kappa shape index (κ2) is 8.17. The normalized spacial score (nSPS) is 22.7. The van der Waals surface area contributed by atoms with Crippen LogP contribution >= 0.6 is 0 Å². The van der Waals surface area contributed by atoms with Crippen molar-refractivity contribution in [1.29, 1.82) is 0 Å². The Bertz CT molecular complexity index is 533. The van der Waals surface area contributed by atoms with Gasteiger partial charge in [0.25, 0.3) is 0 Å². The van der Waals surface area contributed by atoms with Crippen LogP contribution in [0.25, 0.3) is 0 Å². The second-order valence-corrected chi connectivity index (χ2v) is 6.39. The minimum atomic E-state index is -0.976. The molecule has 23 heavy (non-hydrogen) atoms. The summed E-state index contributed by atoms with van der Waals surface area (Å²) in [4.78, 5) is 37.4. The molecule has 0 spiro atoms. The van der Waals surface area contributed by atoms with Crippen molar-refractivity contribution in [3.8, 4) is 0 Å². The first kappa shape index (κ1) is 19.3. The Balaban J connectivity index is 3.27. The lowest BCUT2D eigenvalue weighted by Gasteiger charge is -2.36. The number of carbonyl (C=O) groups is 3. The zero-order chi connectivity index (χ0) is 17.6. The quantitative estimate of drug-likeness (QED) is 0.142. The highest BCUT2D eigenvalue weighted by Crippen LogP contribution is 2.41. The number of hydrogen-bond donors (Lipinski definition) is 2. The summed E-state index contributed by atoms with van der Waals surface area (Å²) in [5.41, 5.74) is 2.05. The van der Waals surface area contributed by atoms with Crippen LogP contribution < -0.4 is 5.48 Å². The third-order valence-electron chi connectivity index (χ3n) is 4.13. The third kappa shape index (κ3) is 4.36. The maximum Gasteiger partial charge on any atom is 0.317 e. The van der Waals surface area contributed by atoms with Crippen LogP contribution in [-0.4, -0.2) is 36.4 Å². The number of Topliss-reactive ketones (excluding diaryl/α,β-unsaturated/α-hetero) is 2. The van der Waals surface area contributed by atoms with Gasteiger partial charge >= 0.3 is 5.97 Å². The molecule has 0 aromatic heterocycles. The maximum absolute atomic E-state index is 12.8. The van der Waals surface area contributed by atoms with Crippen LogP contribution in [0.2, 0.25) is 0 Å². The van der Waals surface area contributed by atoms with Crippen LogP contribution in [0.4, 0.5) is 0 Å². The van der Waals surface area contributed by atoms with E-state index in [0.29, 0.717) is 31.4 Å². The molecule has 0 radical (unpaired) electrons. The van der Waals surface area contributed by atoms with Gasteiger partial charge in [-0.3, -0.25) is 14.4 Å². The standard InChI is InChI=1S/C17H25NO5/c1-5-7-11(8-6-9-18-22)13-12(19)10-17(2,3)14(15(13)20)16(21)23-4/h5,14,18,22H,1,6-10H2,2-4H3. The number of ether oxygens (including phenoxy) is 1.